The predicted octanol–water partition coefficient (Wildman–Crippen LogP) is 4.99. The number of benzene rings is 3. The van der Waals surface area contributed by atoms with Crippen LogP contribution in [0.3, 0.4) is 0 Å². The molecule has 1 aliphatic rings. The van der Waals surface area contributed by atoms with Crippen molar-refractivity contribution < 1.29 is 23.8 Å². The summed E-state index contributed by atoms with van der Waals surface area (Å²) in [6.07, 6.45) is -0.328. The lowest BCUT2D eigenvalue weighted by Gasteiger charge is -2.30. The Bertz CT molecular complexity index is 1220. The van der Waals surface area contributed by atoms with E-state index in [0.717, 1.165) is 5.56 Å². The molecule has 1 atom stereocenters. The van der Waals surface area contributed by atoms with Gasteiger partial charge in [-0.3, -0.25) is 0 Å². The zero-order valence-corrected chi connectivity index (χ0v) is 19.9. The molecule has 0 radical (unpaired) electrons. The highest BCUT2D eigenvalue weighted by Crippen LogP contribution is 2.34. The molecule has 0 saturated heterocycles. The van der Waals surface area contributed by atoms with Crippen LogP contribution in [0.15, 0.2) is 84.4 Å². The minimum absolute atomic E-state index is 0.309. The molecule has 1 unspecified atom stereocenters. The van der Waals surface area contributed by atoms with Gasteiger partial charge in [0.25, 0.3) is 0 Å². The minimum atomic E-state index is -0.729. The number of hydrogen-bond donors (Lipinski definition) is 2. The molecule has 2 amide bonds. The van der Waals surface area contributed by atoms with Crippen LogP contribution in [0.5, 0.6) is 11.5 Å². The lowest BCUT2D eigenvalue weighted by Crippen LogP contribution is -2.45. The number of nitrogens with one attached hydrogen (secondary N) is 2. The van der Waals surface area contributed by atoms with E-state index in [2.05, 4.69) is 10.6 Å². The number of hydrogen-bond acceptors (Lipinski definition) is 5. The number of methoxy groups -OCH3 is 1. The zero-order chi connectivity index (χ0) is 24.8. The Morgan fingerprint density at radius 3 is 2.37 bits per heavy atom. The summed E-state index contributed by atoms with van der Waals surface area (Å²) in [5.41, 5.74) is 3.10. The van der Waals surface area contributed by atoms with Crippen molar-refractivity contribution in [3.63, 3.8) is 0 Å². The first-order valence-corrected chi connectivity index (χ1v) is 11.4. The average Bonchev–Trinajstić information content (AvgIpc) is 2.87. The second-order valence-electron chi connectivity index (χ2n) is 8.35. The summed E-state index contributed by atoms with van der Waals surface area (Å²) < 4.78 is 16.8. The molecular formula is C28H28N2O5. The molecule has 0 aliphatic carbocycles. The standard InChI is InChI=1S/C28H28N2O5/c1-18(2)35-27(31)24-25(20-12-14-22(33-3)15-13-20)29-28(32)30-26(24)21-10-7-11-23(16-21)34-17-19-8-5-4-6-9-19/h4-16,18,26H,17H2,1-3H3,(H2,29,30,32). The average molecular weight is 473 g/mol. The zero-order valence-electron chi connectivity index (χ0n) is 19.9. The SMILES string of the molecule is COc1ccc(C2=C(C(=O)OC(C)C)C(c3cccc(OCc4ccccc4)c3)NC(=O)N2)cc1. The van der Waals surface area contributed by atoms with Crippen LogP contribution in [0.1, 0.15) is 36.6 Å². The van der Waals surface area contributed by atoms with Gasteiger partial charge in [-0.15, -0.1) is 0 Å². The fourth-order valence-corrected chi connectivity index (χ4v) is 3.82. The fraction of sp³-hybridized carbons (Fsp3) is 0.214. The maximum Gasteiger partial charge on any atom is 0.338 e. The van der Waals surface area contributed by atoms with Gasteiger partial charge < -0.3 is 24.8 Å². The lowest BCUT2D eigenvalue weighted by atomic mass is 9.92. The van der Waals surface area contributed by atoms with Crippen LogP contribution < -0.4 is 20.1 Å². The number of rotatable bonds is 8. The van der Waals surface area contributed by atoms with E-state index < -0.39 is 18.0 Å². The Morgan fingerprint density at radius 2 is 1.69 bits per heavy atom. The molecule has 2 N–H and O–H groups in total. The Hall–Kier alpha value is -4.26. The van der Waals surface area contributed by atoms with Crippen LogP contribution >= 0.6 is 0 Å². The Kier molecular flexibility index (Phi) is 7.35. The Balaban J connectivity index is 1.72. The van der Waals surface area contributed by atoms with Crippen LogP contribution in [0.2, 0.25) is 0 Å². The van der Waals surface area contributed by atoms with Crippen molar-refractivity contribution >= 4 is 17.7 Å². The van der Waals surface area contributed by atoms with Gasteiger partial charge in [-0.2, -0.15) is 0 Å². The number of carbonyl (C=O) groups excluding carboxylic acids is 2. The summed E-state index contributed by atoms with van der Waals surface area (Å²) in [7, 11) is 1.58. The van der Waals surface area contributed by atoms with Gasteiger partial charge in [0.2, 0.25) is 0 Å². The van der Waals surface area contributed by atoms with Crippen LogP contribution in [-0.2, 0) is 16.1 Å². The third-order valence-electron chi connectivity index (χ3n) is 5.45. The maximum atomic E-state index is 13.3. The monoisotopic (exact) mass is 472 g/mol. The van der Waals surface area contributed by atoms with Gasteiger partial charge in [0.1, 0.15) is 18.1 Å². The van der Waals surface area contributed by atoms with Crippen LogP contribution in [-0.4, -0.2) is 25.2 Å². The van der Waals surface area contributed by atoms with Crippen LogP contribution in [0, 0.1) is 0 Å². The van der Waals surface area contributed by atoms with Crippen LogP contribution in [0.25, 0.3) is 5.70 Å². The highest BCUT2D eigenvalue weighted by Gasteiger charge is 2.35. The van der Waals surface area contributed by atoms with Crippen molar-refractivity contribution in [2.45, 2.75) is 32.6 Å². The van der Waals surface area contributed by atoms with E-state index in [1.807, 2.05) is 54.6 Å². The van der Waals surface area contributed by atoms with Crippen molar-refractivity contribution in [2.75, 3.05) is 7.11 Å². The van der Waals surface area contributed by atoms with E-state index in [9.17, 15) is 9.59 Å². The lowest BCUT2D eigenvalue weighted by molar-refractivity contribution is -0.143. The van der Waals surface area contributed by atoms with E-state index in [0.29, 0.717) is 40.5 Å². The van der Waals surface area contributed by atoms with Gasteiger partial charge in [-0.1, -0.05) is 42.5 Å². The van der Waals surface area contributed by atoms with E-state index in [1.165, 1.54) is 0 Å². The molecule has 4 rings (SSSR count). The van der Waals surface area contributed by atoms with Gasteiger partial charge in [-0.05, 0) is 66.9 Å². The number of urea groups is 1. The van der Waals surface area contributed by atoms with Crippen molar-refractivity contribution in [3.8, 4) is 11.5 Å². The van der Waals surface area contributed by atoms with Gasteiger partial charge in [0.15, 0.2) is 0 Å². The smallest absolute Gasteiger partial charge is 0.338 e. The summed E-state index contributed by atoms with van der Waals surface area (Å²) in [6, 6.07) is 23.2. The molecule has 7 nitrogen and oxygen atoms in total. The second kappa shape index (κ2) is 10.8. The maximum absolute atomic E-state index is 13.3. The first-order valence-electron chi connectivity index (χ1n) is 11.4. The third kappa shape index (κ3) is 5.81. The van der Waals surface area contributed by atoms with Crippen LogP contribution in [0.4, 0.5) is 4.79 Å². The van der Waals surface area contributed by atoms with Gasteiger partial charge >= 0.3 is 12.0 Å². The van der Waals surface area contributed by atoms with Gasteiger partial charge in [0, 0.05) is 0 Å². The van der Waals surface area contributed by atoms with Crippen molar-refractivity contribution in [1.82, 2.24) is 10.6 Å². The summed E-state index contributed by atoms with van der Waals surface area (Å²) >= 11 is 0. The minimum Gasteiger partial charge on any atom is -0.497 e. The number of esters is 1. The highest BCUT2D eigenvalue weighted by molar-refractivity contribution is 6.04. The van der Waals surface area contributed by atoms with E-state index in [4.69, 9.17) is 14.2 Å². The first-order chi connectivity index (χ1) is 16.9. The molecule has 0 spiro atoms. The molecule has 180 valence electrons. The quantitative estimate of drug-likeness (QED) is 0.451. The van der Waals surface area contributed by atoms with Crippen molar-refractivity contribution in [2.24, 2.45) is 0 Å². The molecular weight excluding hydrogens is 444 g/mol. The topological polar surface area (TPSA) is 85.9 Å². The van der Waals surface area contributed by atoms with Crippen molar-refractivity contribution in [1.29, 1.82) is 0 Å². The van der Waals surface area contributed by atoms with E-state index in [1.54, 1.807) is 45.2 Å². The number of amides is 2. The fourth-order valence-electron chi connectivity index (χ4n) is 3.82. The molecule has 0 saturated carbocycles. The predicted molar refractivity (Wildman–Crippen MR) is 133 cm³/mol. The Labute approximate surface area is 204 Å². The largest absolute Gasteiger partial charge is 0.497 e. The summed E-state index contributed by atoms with van der Waals surface area (Å²) in [5.74, 6) is 0.779. The normalized spacial score (nSPS) is 15.3. The summed E-state index contributed by atoms with van der Waals surface area (Å²) in [4.78, 5) is 25.9. The molecule has 7 heteroatoms. The molecule has 1 heterocycles. The number of ether oxygens (including phenoxy) is 3. The molecule has 3 aromatic rings. The third-order valence-corrected chi connectivity index (χ3v) is 5.45. The molecule has 0 bridgehead atoms. The molecule has 3 aromatic carbocycles. The summed E-state index contributed by atoms with van der Waals surface area (Å²) in [6.45, 7) is 3.97. The molecule has 1 aliphatic heterocycles. The Morgan fingerprint density at radius 1 is 0.943 bits per heavy atom. The molecule has 0 fully saturated rings. The van der Waals surface area contributed by atoms with E-state index >= 15 is 0 Å². The second-order valence-corrected chi connectivity index (χ2v) is 8.35. The highest BCUT2D eigenvalue weighted by atomic mass is 16.5. The summed E-state index contributed by atoms with van der Waals surface area (Å²) in [5, 5.41) is 5.66. The van der Waals surface area contributed by atoms with Crippen molar-refractivity contribution in [3.05, 3.63) is 101 Å². The first kappa shape index (κ1) is 23.9. The molecule has 0 aromatic heterocycles. The molecule has 35 heavy (non-hydrogen) atoms. The van der Waals surface area contributed by atoms with Gasteiger partial charge in [-0.25, -0.2) is 9.59 Å². The number of carbonyl (C=O) groups is 2. The van der Waals surface area contributed by atoms with E-state index in [-0.39, 0.29) is 6.10 Å². The van der Waals surface area contributed by atoms with Gasteiger partial charge in [0.05, 0.1) is 30.5 Å².